The summed E-state index contributed by atoms with van der Waals surface area (Å²) in [6.07, 6.45) is 1.40. The van der Waals surface area contributed by atoms with Crippen molar-refractivity contribution in [2.45, 2.75) is 26.3 Å². The number of nitrogens with zero attached hydrogens (tertiary/aromatic N) is 1. The van der Waals surface area contributed by atoms with Gasteiger partial charge in [0.1, 0.15) is 5.75 Å². The van der Waals surface area contributed by atoms with Gasteiger partial charge < -0.3 is 9.84 Å². The predicted molar refractivity (Wildman–Crippen MR) is 80.9 cm³/mol. The Labute approximate surface area is 127 Å². The van der Waals surface area contributed by atoms with Crippen LogP contribution in [0, 0.1) is 5.41 Å². The molecule has 5 heteroatoms. The molecule has 0 radical (unpaired) electrons. The minimum atomic E-state index is -0.674. The van der Waals surface area contributed by atoms with Gasteiger partial charge in [-0.05, 0) is 43.1 Å². The molecular weight excluding hydrogens is 322 g/mol. The van der Waals surface area contributed by atoms with E-state index in [1.165, 1.54) is 0 Å². The zero-order valence-electron chi connectivity index (χ0n) is 11.9. The first-order valence-corrected chi connectivity index (χ1v) is 7.58. The number of methoxy groups -OCH3 is 1. The van der Waals surface area contributed by atoms with Gasteiger partial charge in [0, 0.05) is 17.6 Å². The van der Waals surface area contributed by atoms with Gasteiger partial charge in [0.25, 0.3) is 0 Å². The molecule has 1 unspecified atom stereocenters. The number of halogens is 1. The monoisotopic (exact) mass is 341 g/mol. The molecule has 1 heterocycles. The van der Waals surface area contributed by atoms with Crippen LogP contribution in [0.2, 0.25) is 0 Å². The molecular formula is C15H20BrNO3. The summed E-state index contributed by atoms with van der Waals surface area (Å²) < 4.78 is 6.27. The SMILES string of the molecule is CCC1(C(=O)O)CCN(Cc2cc(OC)ccc2Br)C1. The molecule has 1 fully saturated rings. The predicted octanol–water partition coefficient (Wildman–Crippen LogP) is 3.14. The number of carboxylic acid groups (broad SMARTS) is 1. The fourth-order valence-electron chi connectivity index (χ4n) is 2.75. The van der Waals surface area contributed by atoms with Crippen LogP contribution in [0.4, 0.5) is 0 Å². The van der Waals surface area contributed by atoms with E-state index in [0.717, 1.165) is 35.3 Å². The van der Waals surface area contributed by atoms with Crippen LogP contribution in [0.3, 0.4) is 0 Å². The summed E-state index contributed by atoms with van der Waals surface area (Å²) in [6.45, 7) is 4.14. The molecule has 2 rings (SSSR count). The molecule has 1 aliphatic rings. The third-order valence-electron chi connectivity index (χ3n) is 4.21. The van der Waals surface area contributed by atoms with Crippen LogP contribution >= 0.6 is 15.9 Å². The van der Waals surface area contributed by atoms with Gasteiger partial charge >= 0.3 is 5.97 Å². The molecule has 20 heavy (non-hydrogen) atoms. The van der Waals surface area contributed by atoms with Gasteiger partial charge in [-0.1, -0.05) is 22.9 Å². The molecule has 0 spiro atoms. The third kappa shape index (κ3) is 2.99. The number of carbonyl (C=O) groups is 1. The molecule has 1 saturated heterocycles. The molecule has 1 aromatic rings. The highest BCUT2D eigenvalue weighted by molar-refractivity contribution is 9.10. The Balaban J connectivity index is 2.11. The average molecular weight is 342 g/mol. The quantitative estimate of drug-likeness (QED) is 0.893. The van der Waals surface area contributed by atoms with E-state index in [1.54, 1.807) is 7.11 Å². The van der Waals surface area contributed by atoms with E-state index in [1.807, 2.05) is 25.1 Å². The second-order valence-corrected chi connectivity index (χ2v) is 6.21. The van der Waals surface area contributed by atoms with Crippen LogP contribution in [-0.2, 0) is 11.3 Å². The molecule has 4 nitrogen and oxygen atoms in total. The van der Waals surface area contributed by atoms with Gasteiger partial charge in [-0.25, -0.2) is 0 Å². The van der Waals surface area contributed by atoms with Crippen LogP contribution in [0.15, 0.2) is 22.7 Å². The number of hydrogen-bond acceptors (Lipinski definition) is 3. The number of aliphatic carboxylic acids is 1. The summed E-state index contributed by atoms with van der Waals surface area (Å²) in [5.41, 5.74) is 0.548. The molecule has 0 saturated carbocycles. The van der Waals surface area contributed by atoms with Crippen molar-refractivity contribution in [1.82, 2.24) is 4.90 Å². The summed E-state index contributed by atoms with van der Waals surface area (Å²) in [5.74, 6) is 0.148. The largest absolute Gasteiger partial charge is 0.497 e. The highest BCUT2D eigenvalue weighted by Gasteiger charge is 2.43. The van der Waals surface area contributed by atoms with Crippen molar-refractivity contribution >= 4 is 21.9 Å². The zero-order valence-corrected chi connectivity index (χ0v) is 13.4. The van der Waals surface area contributed by atoms with E-state index >= 15 is 0 Å². The Kier molecular flexibility index (Phi) is 4.70. The van der Waals surface area contributed by atoms with Gasteiger partial charge in [0.15, 0.2) is 0 Å². The summed E-state index contributed by atoms with van der Waals surface area (Å²) in [7, 11) is 1.65. The molecule has 0 bridgehead atoms. The minimum Gasteiger partial charge on any atom is -0.497 e. The molecule has 0 aromatic heterocycles. The Morgan fingerprint density at radius 1 is 1.55 bits per heavy atom. The zero-order chi connectivity index (χ0) is 14.8. The normalized spacial score (nSPS) is 22.9. The van der Waals surface area contributed by atoms with Crippen molar-refractivity contribution in [1.29, 1.82) is 0 Å². The fourth-order valence-corrected chi connectivity index (χ4v) is 3.12. The van der Waals surface area contributed by atoms with E-state index in [2.05, 4.69) is 20.8 Å². The lowest BCUT2D eigenvalue weighted by atomic mass is 9.84. The molecule has 0 amide bonds. The summed E-state index contributed by atoms with van der Waals surface area (Å²) in [4.78, 5) is 13.7. The average Bonchev–Trinajstić information content (AvgIpc) is 2.86. The smallest absolute Gasteiger partial charge is 0.310 e. The van der Waals surface area contributed by atoms with Crippen LogP contribution in [-0.4, -0.2) is 36.2 Å². The molecule has 1 atom stereocenters. The standard InChI is InChI=1S/C15H20BrNO3/c1-3-15(14(18)19)6-7-17(10-15)9-11-8-12(20-2)4-5-13(11)16/h4-5,8H,3,6-7,9-10H2,1-2H3,(H,18,19). The van der Waals surface area contributed by atoms with E-state index in [0.29, 0.717) is 13.0 Å². The number of ether oxygens (including phenoxy) is 1. The number of likely N-dealkylation sites (tertiary alicyclic amines) is 1. The van der Waals surface area contributed by atoms with Gasteiger partial charge in [0.05, 0.1) is 12.5 Å². The van der Waals surface area contributed by atoms with Gasteiger partial charge in [-0.2, -0.15) is 0 Å². The van der Waals surface area contributed by atoms with Crippen molar-refractivity contribution in [2.75, 3.05) is 20.2 Å². The highest BCUT2D eigenvalue weighted by atomic mass is 79.9. The van der Waals surface area contributed by atoms with Crippen LogP contribution in [0.25, 0.3) is 0 Å². The van der Waals surface area contributed by atoms with E-state index in [-0.39, 0.29) is 0 Å². The van der Waals surface area contributed by atoms with Crippen molar-refractivity contribution < 1.29 is 14.6 Å². The topological polar surface area (TPSA) is 49.8 Å². The van der Waals surface area contributed by atoms with Crippen molar-refractivity contribution in [2.24, 2.45) is 5.41 Å². The molecule has 0 aliphatic carbocycles. The first-order chi connectivity index (χ1) is 9.50. The summed E-state index contributed by atoms with van der Waals surface area (Å²) in [6, 6.07) is 5.87. The maximum atomic E-state index is 11.5. The van der Waals surface area contributed by atoms with Crippen LogP contribution in [0.1, 0.15) is 25.3 Å². The van der Waals surface area contributed by atoms with E-state index < -0.39 is 11.4 Å². The number of hydrogen-bond donors (Lipinski definition) is 1. The summed E-state index contributed by atoms with van der Waals surface area (Å²) in [5, 5.41) is 9.43. The Bertz CT molecular complexity index is 506. The van der Waals surface area contributed by atoms with Crippen LogP contribution < -0.4 is 4.74 Å². The lowest BCUT2D eigenvalue weighted by Crippen LogP contribution is -2.33. The van der Waals surface area contributed by atoms with Gasteiger partial charge in [-0.15, -0.1) is 0 Å². The van der Waals surface area contributed by atoms with Crippen molar-refractivity contribution in [3.05, 3.63) is 28.2 Å². The van der Waals surface area contributed by atoms with Crippen molar-refractivity contribution in [3.8, 4) is 5.75 Å². The maximum absolute atomic E-state index is 11.5. The second kappa shape index (κ2) is 6.14. The number of rotatable bonds is 5. The maximum Gasteiger partial charge on any atom is 0.310 e. The minimum absolute atomic E-state index is 0.578. The number of benzene rings is 1. The first-order valence-electron chi connectivity index (χ1n) is 6.79. The highest BCUT2D eigenvalue weighted by Crippen LogP contribution is 2.35. The van der Waals surface area contributed by atoms with Gasteiger partial charge in [0.2, 0.25) is 0 Å². The van der Waals surface area contributed by atoms with Crippen LogP contribution in [0.5, 0.6) is 5.75 Å². The van der Waals surface area contributed by atoms with E-state index in [9.17, 15) is 9.90 Å². The molecule has 110 valence electrons. The lowest BCUT2D eigenvalue weighted by Gasteiger charge is -2.23. The van der Waals surface area contributed by atoms with Gasteiger partial charge in [-0.3, -0.25) is 9.69 Å². The van der Waals surface area contributed by atoms with Crippen molar-refractivity contribution in [3.63, 3.8) is 0 Å². The Morgan fingerprint density at radius 3 is 2.85 bits per heavy atom. The second-order valence-electron chi connectivity index (χ2n) is 5.36. The molecule has 1 aliphatic heterocycles. The molecule has 1 N–H and O–H groups in total. The fraction of sp³-hybridized carbons (Fsp3) is 0.533. The molecule has 1 aromatic carbocycles. The lowest BCUT2D eigenvalue weighted by molar-refractivity contribution is -0.148. The Morgan fingerprint density at radius 2 is 2.30 bits per heavy atom. The van der Waals surface area contributed by atoms with E-state index in [4.69, 9.17) is 4.74 Å². The number of carboxylic acids is 1. The Hall–Kier alpha value is -1.07. The third-order valence-corrected chi connectivity index (χ3v) is 4.98. The summed E-state index contributed by atoms with van der Waals surface area (Å²) >= 11 is 3.54. The first kappa shape index (κ1) is 15.3.